The van der Waals surface area contributed by atoms with E-state index >= 15 is 0 Å². The number of carbonyl (C=O) groups excluding carboxylic acids is 1. The van der Waals surface area contributed by atoms with Crippen LogP contribution in [0.1, 0.15) is 15.9 Å². The molecule has 1 aromatic heterocycles. The predicted octanol–water partition coefficient (Wildman–Crippen LogP) is 5.82. The molecule has 0 aliphatic heterocycles. The number of ketones is 1. The van der Waals surface area contributed by atoms with Gasteiger partial charge in [-0.05, 0) is 84.9 Å². The molecule has 201 valence electrons. The number of hydrogen-bond donors (Lipinski definition) is 1. The van der Waals surface area contributed by atoms with Gasteiger partial charge in [0.2, 0.25) is 5.78 Å². The maximum Gasteiger partial charge on any atom is 0.265 e. The first-order chi connectivity index (χ1) is 17.3. The maximum absolute atomic E-state index is 13.4. The van der Waals surface area contributed by atoms with Crippen molar-refractivity contribution in [2.24, 2.45) is 7.05 Å². The fourth-order valence-corrected chi connectivity index (χ4v) is 4.75. The van der Waals surface area contributed by atoms with Crippen molar-refractivity contribution in [2.75, 3.05) is 4.90 Å². The smallest absolute Gasteiger partial charge is 0.265 e. The van der Waals surface area contributed by atoms with Crippen LogP contribution >= 0.6 is 31.9 Å². The summed E-state index contributed by atoms with van der Waals surface area (Å²) in [6, 6.07) is 29.9. The predicted molar refractivity (Wildman–Crippen MR) is 158 cm³/mol. The molecule has 1 heterocycles. The van der Waals surface area contributed by atoms with E-state index in [1.165, 1.54) is 4.57 Å². The summed E-state index contributed by atoms with van der Waals surface area (Å²) in [6.45, 7) is 0. The second kappa shape index (κ2) is 13.9. The van der Waals surface area contributed by atoms with E-state index in [9.17, 15) is 14.7 Å². The van der Waals surface area contributed by atoms with Gasteiger partial charge >= 0.3 is 0 Å². The molecule has 0 fully saturated rings. The van der Waals surface area contributed by atoms with E-state index in [0.717, 1.165) is 26.0 Å². The summed E-state index contributed by atoms with van der Waals surface area (Å²) in [5.41, 5.74) is 2.83. The summed E-state index contributed by atoms with van der Waals surface area (Å²) in [4.78, 5) is 28.4. The molecule has 0 saturated heterocycles. The van der Waals surface area contributed by atoms with Crippen LogP contribution in [0, 0.1) is 49.4 Å². The van der Waals surface area contributed by atoms with Gasteiger partial charge < -0.3 is 25.5 Å². The molecule has 39 heavy (non-hydrogen) atoms. The molecule has 0 atom stereocenters. The number of aryl methyl sites for hydroxylation is 1. The summed E-state index contributed by atoms with van der Waals surface area (Å²) in [6.07, 6.45) is 0. The number of pyridine rings is 1. The number of hydrogen-bond acceptors (Lipinski definition) is 4. The second-order valence-electron chi connectivity index (χ2n) is 8.27. The number of halogens is 2. The Hall–Kier alpha value is -2.18. The third-order valence-electron chi connectivity index (χ3n) is 6.06. The molecule has 0 amide bonds. The average molecular weight is 792 g/mol. The Morgan fingerprint density at radius 2 is 1.18 bits per heavy atom. The quantitative estimate of drug-likeness (QED) is 0.225. The number of carbonyl (C=O) groups is 1. The topological polar surface area (TPSA) is 126 Å². The van der Waals surface area contributed by atoms with E-state index in [2.05, 4.69) is 36.8 Å². The van der Waals surface area contributed by atoms with Gasteiger partial charge in [-0.2, -0.15) is 0 Å². The maximum atomic E-state index is 13.4. The van der Waals surface area contributed by atoms with Crippen LogP contribution in [0.3, 0.4) is 0 Å². The minimum atomic E-state index is -0.536. The number of anilines is 3. The van der Waals surface area contributed by atoms with Gasteiger partial charge in [-0.3, -0.25) is 9.59 Å². The van der Waals surface area contributed by atoms with E-state index in [-0.39, 0.29) is 71.6 Å². The molecule has 4 aromatic carbocycles. The summed E-state index contributed by atoms with van der Waals surface area (Å²) in [5.74, 6) is -0.821. The summed E-state index contributed by atoms with van der Waals surface area (Å²) in [5, 5.41) is 11.3. The average Bonchev–Trinajstić information content (AvgIpc) is 2.90. The normalized spacial score (nSPS) is 10.1. The number of nitrogens with zero attached hydrogens (tertiary/aromatic N) is 2. The Morgan fingerprint density at radius 3 is 1.67 bits per heavy atom. The van der Waals surface area contributed by atoms with Crippen LogP contribution in [0.25, 0.3) is 10.9 Å². The van der Waals surface area contributed by atoms with Crippen LogP contribution in [-0.2, 0) is 7.05 Å². The van der Waals surface area contributed by atoms with Gasteiger partial charge in [0.15, 0.2) is 0 Å². The fourth-order valence-electron chi connectivity index (χ4n) is 4.22. The monoisotopic (exact) mass is 791 g/mol. The van der Waals surface area contributed by atoms with Crippen LogP contribution in [0.2, 0.25) is 0 Å². The largest absolute Gasteiger partial charge is 0.506 e. The van der Waals surface area contributed by atoms with Gasteiger partial charge in [0.1, 0.15) is 11.3 Å². The first-order valence-electron chi connectivity index (χ1n) is 11.1. The zero-order chi connectivity index (χ0) is 25.4. The molecular weight excluding hydrogens is 768 g/mol. The van der Waals surface area contributed by atoms with E-state index in [1.807, 2.05) is 60.7 Å². The van der Waals surface area contributed by atoms with Crippen LogP contribution in [0.5, 0.6) is 5.75 Å². The molecule has 5 rings (SSSR count). The Balaban J connectivity index is 0.00000178. The number of rotatable bonds is 5. The number of para-hydroxylation sites is 1. The van der Waals surface area contributed by atoms with Crippen molar-refractivity contribution in [1.29, 1.82) is 0 Å². The molecule has 0 unspecified atom stereocenters. The van der Waals surface area contributed by atoms with Crippen molar-refractivity contribution in [3.05, 3.63) is 127 Å². The first-order valence-corrected chi connectivity index (χ1v) is 12.7. The van der Waals surface area contributed by atoms with E-state index in [1.54, 1.807) is 43.4 Å². The fraction of sp³-hybridized carbons (Fsp3) is 0.0345. The van der Waals surface area contributed by atoms with Gasteiger partial charge in [0.25, 0.3) is 5.56 Å². The van der Waals surface area contributed by atoms with Crippen molar-refractivity contribution >= 4 is 65.6 Å². The molecular formula is C29H24Br2EuN2O5. The van der Waals surface area contributed by atoms with Gasteiger partial charge in [0, 0.05) is 93.4 Å². The minimum absolute atomic E-state index is 0. The number of benzene rings is 4. The van der Waals surface area contributed by atoms with Crippen LogP contribution in [-0.4, -0.2) is 26.4 Å². The van der Waals surface area contributed by atoms with Crippen molar-refractivity contribution in [3.63, 3.8) is 0 Å². The molecule has 1 radical (unpaired) electrons. The molecule has 0 bridgehead atoms. The summed E-state index contributed by atoms with van der Waals surface area (Å²) in [7, 11) is 1.60. The second-order valence-corrected chi connectivity index (χ2v) is 10.1. The van der Waals surface area contributed by atoms with Gasteiger partial charge in [-0.25, -0.2) is 0 Å². The number of aromatic nitrogens is 1. The Kier molecular flexibility index (Phi) is 11.8. The van der Waals surface area contributed by atoms with Crippen molar-refractivity contribution < 1.29 is 70.2 Å². The molecule has 0 saturated carbocycles. The zero-order valence-electron chi connectivity index (χ0n) is 20.5. The third kappa shape index (κ3) is 6.60. The standard InChI is InChI=1S/C29H20Br2N2O3.Eu.2H2O/c1-32-25-5-3-2-4-24(25)28(35)26(29(32)36)27(34)18-6-12-21(13-7-18)33(22-14-8-19(30)9-15-22)23-16-10-20(31)11-17-23;;;/h2-17,35H,1H3;;2*1H2. The molecule has 10 heteroatoms. The van der Waals surface area contributed by atoms with E-state index in [4.69, 9.17) is 0 Å². The Morgan fingerprint density at radius 1 is 0.744 bits per heavy atom. The Bertz CT molecular complexity index is 1610. The van der Waals surface area contributed by atoms with Crippen LogP contribution in [0.15, 0.2) is 111 Å². The number of aromatic hydroxyl groups is 1. The van der Waals surface area contributed by atoms with Gasteiger partial charge in [-0.1, -0.05) is 44.0 Å². The van der Waals surface area contributed by atoms with Gasteiger partial charge in [0.05, 0.1) is 5.52 Å². The minimum Gasteiger partial charge on any atom is -0.506 e. The molecule has 0 spiro atoms. The summed E-state index contributed by atoms with van der Waals surface area (Å²) < 4.78 is 3.33. The molecule has 0 aliphatic carbocycles. The number of fused-ring (bicyclic) bond motifs is 1. The van der Waals surface area contributed by atoms with Crippen molar-refractivity contribution in [3.8, 4) is 5.75 Å². The molecule has 5 N–H and O–H groups in total. The Labute approximate surface area is 282 Å². The van der Waals surface area contributed by atoms with Crippen molar-refractivity contribution in [1.82, 2.24) is 4.57 Å². The zero-order valence-corrected chi connectivity index (χ0v) is 26.1. The van der Waals surface area contributed by atoms with E-state index < -0.39 is 11.3 Å². The summed E-state index contributed by atoms with van der Waals surface area (Å²) >= 11 is 6.97. The van der Waals surface area contributed by atoms with Gasteiger partial charge in [-0.15, -0.1) is 0 Å². The molecule has 7 nitrogen and oxygen atoms in total. The van der Waals surface area contributed by atoms with E-state index in [0.29, 0.717) is 16.5 Å². The third-order valence-corrected chi connectivity index (χ3v) is 7.12. The first kappa shape index (κ1) is 33.0. The molecule has 0 aliphatic rings. The molecule has 5 aromatic rings. The van der Waals surface area contributed by atoms with Crippen LogP contribution in [0.4, 0.5) is 17.1 Å². The van der Waals surface area contributed by atoms with Crippen LogP contribution < -0.4 is 10.5 Å². The van der Waals surface area contributed by atoms with Crippen molar-refractivity contribution in [2.45, 2.75) is 0 Å². The SMILES string of the molecule is Cn1c(=O)c(C(=O)c2ccc(N(c3ccc(Br)cc3)c3ccc(Br)cc3)cc2)c(O)c2ccccc21.O.O.[Eu].